The lowest BCUT2D eigenvalue weighted by Crippen LogP contribution is -2.53. The molecule has 30 heavy (non-hydrogen) atoms. The molecule has 2 aromatic carbocycles. The number of aryl methyl sites for hydroxylation is 1. The molecule has 3 N–H and O–H groups in total. The summed E-state index contributed by atoms with van der Waals surface area (Å²) >= 11 is 0. The number of hydrogen-bond donors (Lipinski definition) is 3. The summed E-state index contributed by atoms with van der Waals surface area (Å²) in [6.45, 7) is 6.33. The summed E-state index contributed by atoms with van der Waals surface area (Å²) in [4.78, 5) is 20.9. The summed E-state index contributed by atoms with van der Waals surface area (Å²) in [5, 5.41) is 16.3. The Morgan fingerprint density at radius 2 is 1.73 bits per heavy atom. The summed E-state index contributed by atoms with van der Waals surface area (Å²) in [7, 11) is 1.77. The molecule has 1 saturated heterocycles. The summed E-state index contributed by atoms with van der Waals surface area (Å²) < 4.78 is 0. The fraction of sp³-hybridized carbons (Fsp3) is 0.364. The molecule has 1 amide bonds. The maximum atomic E-state index is 12.2. The van der Waals surface area contributed by atoms with E-state index in [0.29, 0.717) is 24.4 Å². The number of guanidine groups is 1. The minimum atomic E-state index is -0.0678. The van der Waals surface area contributed by atoms with Gasteiger partial charge in [0.1, 0.15) is 5.75 Å². The number of rotatable bonds is 5. The maximum absolute atomic E-state index is 12.2. The van der Waals surface area contributed by atoms with Crippen LogP contribution in [0.5, 0.6) is 5.75 Å². The molecule has 3 rings (SSSR count). The Hall–Kier alpha value is -2.49. The van der Waals surface area contributed by atoms with Gasteiger partial charge >= 0.3 is 0 Å². The van der Waals surface area contributed by atoms with Crippen LogP contribution in [0.1, 0.15) is 15.9 Å². The topological polar surface area (TPSA) is 80.2 Å². The van der Waals surface area contributed by atoms with Crippen molar-refractivity contribution < 1.29 is 9.90 Å². The largest absolute Gasteiger partial charge is 0.506 e. The number of hydrogen-bond acceptors (Lipinski definition) is 4. The summed E-state index contributed by atoms with van der Waals surface area (Å²) in [5.41, 5.74) is 2.61. The number of carbonyl (C=O) groups excluding carboxylic acids is 1. The molecular weight excluding hydrogens is 493 g/mol. The van der Waals surface area contributed by atoms with E-state index in [-0.39, 0.29) is 29.9 Å². The number of anilines is 1. The van der Waals surface area contributed by atoms with E-state index in [2.05, 4.69) is 25.4 Å². The second-order valence-corrected chi connectivity index (χ2v) is 7.06. The average Bonchev–Trinajstić information content (AvgIpc) is 2.74. The molecule has 1 heterocycles. The third-order valence-corrected chi connectivity index (χ3v) is 4.99. The predicted octanol–water partition coefficient (Wildman–Crippen LogP) is 2.45. The van der Waals surface area contributed by atoms with Crippen molar-refractivity contribution in [1.82, 2.24) is 15.5 Å². The first-order valence-corrected chi connectivity index (χ1v) is 9.92. The van der Waals surface area contributed by atoms with Gasteiger partial charge in [0, 0.05) is 51.9 Å². The van der Waals surface area contributed by atoms with Gasteiger partial charge in [-0.25, -0.2) is 0 Å². The van der Waals surface area contributed by atoms with Gasteiger partial charge in [0.25, 0.3) is 5.91 Å². The average molecular weight is 523 g/mol. The lowest BCUT2D eigenvalue weighted by Gasteiger charge is -2.37. The van der Waals surface area contributed by atoms with Crippen molar-refractivity contribution in [2.75, 3.05) is 51.2 Å². The highest BCUT2D eigenvalue weighted by molar-refractivity contribution is 14.0. The normalized spacial score (nSPS) is 14.1. The Balaban J connectivity index is 0.00000320. The SMILES string of the molecule is CN=C(NCCNC(=O)c1cccc(C)c1)N1CCN(c2ccccc2O)CC1.I. The van der Waals surface area contributed by atoms with Crippen molar-refractivity contribution in [3.8, 4) is 5.75 Å². The van der Waals surface area contributed by atoms with Crippen molar-refractivity contribution in [2.24, 2.45) is 4.99 Å². The monoisotopic (exact) mass is 523 g/mol. The molecule has 7 nitrogen and oxygen atoms in total. The molecular formula is C22H30IN5O2. The minimum Gasteiger partial charge on any atom is -0.506 e. The minimum absolute atomic E-state index is 0. The number of benzene rings is 2. The number of halogens is 1. The molecule has 0 aliphatic carbocycles. The van der Waals surface area contributed by atoms with E-state index in [1.54, 1.807) is 13.1 Å². The molecule has 0 saturated carbocycles. The standard InChI is InChI=1S/C22H29N5O2.HI/c1-17-6-5-7-18(16-17)21(29)24-10-11-25-22(23-2)27-14-12-26(13-15-27)19-8-3-4-9-20(19)28;/h3-9,16,28H,10-15H2,1-2H3,(H,23,25)(H,24,29);1H. The van der Waals surface area contributed by atoms with E-state index in [1.807, 2.05) is 49.4 Å². The molecule has 8 heteroatoms. The van der Waals surface area contributed by atoms with Gasteiger partial charge in [-0.05, 0) is 31.2 Å². The van der Waals surface area contributed by atoms with Crippen LogP contribution >= 0.6 is 24.0 Å². The van der Waals surface area contributed by atoms with Crippen LogP contribution in [0, 0.1) is 6.92 Å². The molecule has 0 bridgehead atoms. The number of phenols is 1. The Bertz CT molecular complexity index is 866. The molecule has 0 unspecified atom stereocenters. The molecule has 1 aliphatic rings. The lowest BCUT2D eigenvalue weighted by atomic mass is 10.1. The van der Waals surface area contributed by atoms with Crippen LogP contribution in [0.2, 0.25) is 0 Å². The number of amides is 1. The van der Waals surface area contributed by atoms with E-state index < -0.39 is 0 Å². The molecule has 0 spiro atoms. The highest BCUT2D eigenvalue weighted by Gasteiger charge is 2.21. The number of phenolic OH excluding ortho intramolecular Hbond substituents is 1. The molecule has 0 aromatic heterocycles. The van der Waals surface area contributed by atoms with Crippen molar-refractivity contribution in [2.45, 2.75) is 6.92 Å². The molecule has 1 aliphatic heterocycles. The molecule has 1 fully saturated rings. The first-order valence-electron chi connectivity index (χ1n) is 9.92. The number of piperazine rings is 1. The van der Waals surface area contributed by atoms with Crippen molar-refractivity contribution >= 4 is 41.5 Å². The third kappa shape index (κ3) is 6.25. The van der Waals surface area contributed by atoms with Crippen LogP contribution in [0.25, 0.3) is 0 Å². The van der Waals surface area contributed by atoms with Crippen LogP contribution in [0.4, 0.5) is 5.69 Å². The number of aromatic hydroxyl groups is 1. The summed E-state index contributed by atoms with van der Waals surface area (Å²) in [6, 6.07) is 15.0. The predicted molar refractivity (Wildman–Crippen MR) is 132 cm³/mol. The van der Waals surface area contributed by atoms with E-state index >= 15 is 0 Å². The highest BCUT2D eigenvalue weighted by atomic mass is 127. The van der Waals surface area contributed by atoms with Crippen molar-refractivity contribution in [3.63, 3.8) is 0 Å². The maximum Gasteiger partial charge on any atom is 0.251 e. The fourth-order valence-electron chi connectivity index (χ4n) is 3.46. The highest BCUT2D eigenvalue weighted by Crippen LogP contribution is 2.27. The van der Waals surface area contributed by atoms with E-state index in [0.717, 1.165) is 43.4 Å². The van der Waals surface area contributed by atoms with Crippen molar-refractivity contribution in [3.05, 3.63) is 59.7 Å². The Morgan fingerprint density at radius 3 is 2.40 bits per heavy atom. The fourth-order valence-corrected chi connectivity index (χ4v) is 3.46. The van der Waals surface area contributed by atoms with E-state index in [4.69, 9.17) is 0 Å². The van der Waals surface area contributed by atoms with Gasteiger partial charge in [0.05, 0.1) is 5.69 Å². The van der Waals surface area contributed by atoms with Crippen LogP contribution in [0.3, 0.4) is 0 Å². The lowest BCUT2D eigenvalue weighted by molar-refractivity contribution is 0.0954. The Morgan fingerprint density at radius 1 is 1.03 bits per heavy atom. The van der Waals surface area contributed by atoms with Gasteiger partial charge in [0.2, 0.25) is 0 Å². The zero-order chi connectivity index (χ0) is 20.6. The molecule has 0 atom stereocenters. The van der Waals surface area contributed by atoms with Crippen LogP contribution in [-0.2, 0) is 0 Å². The second kappa shape index (κ2) is 11.6. The molecule has 2 aromatic rings. The van der Waals surface area contributed by atoms with Gasteiger partial charge in [-0.3, -0.25) is 9.79 Å². The van der Waals surface area contributed by atoms with Gasteiger partial charge < -0.3 is 25.5 Å². The van der Waals surface area contributed by atoms with E-state index in [1.165, 1.54) is 0 Å². The van der Waals surface area contributed by atoms with Crippen LogP contribution in [-0.4, -0.2) is 68.2 Å². The third-order valence-electron chi connectivity index (χ3n) is 4.99. The van der Waals surface area contributed by atoms with Gasteiger partial charge in [-0.2, -0.15) is 0 Å². The Labute approximate surface area is 195 Å². The Kier molecular flexibility index (Phi) is 9.22. The number of nitrogens with one attached hydrogen (secondary N) is 2. The first kappa shape index (κ1) is 23.8. The van der Waals surface area contributed by atoms with Crippen molar-refractivity contribution in [1.29, 1.82) is 0 Å². The number of aliphatic imine (C=N–C) groups is 1. The van der Waals surface area contributed by atoms with Gasteiger partial charge in [-0.1, -0.05) is 29.8 Å². The number of carbonyl (C=O) groups is 1. The smallest absolute Gasteiger partial charge is 0.251 e. The quantitative estimate of drug-likeness (QED) is 0.243. The van der Waals surface area contributed by atoms with Gasteiger partial charge in [-0.15, -0.1) is 24.0 Å². The molecule has 0 radical (unpaired) electrons. The van der Waals surface area contributed by atoms with Crippen LogP contribution in [0.15, 0.2) is 53.5 Å². The zero-order valence-corrected chi connectivity index (χ0v) is 19.8. The van der Waals surface area contributed by atoms with Gasteiger partial charge in [0.15, 0.2) is 5.96 Å². The number of nitrogens with zero attached hydrogens (tertiary/aromatic N) is 3. The summed E-state index contributed by atoms with van der Waals surface area (Å²) in [6.07, 6.45) is 0. The van der Waals surface area contributed by atoms with E-state index in [9.17, 15) is 9.90 Å². The summed E-state index contributed by atoms with van der Waals surface area (Å²) in [5.74, 6) is 1.07. The van der Waals surface area contributed by atoms with Crippen LogP contribution < -0.4 is 15.5 Å². The molecule has 162 valence electrons. The second-order valence-electron chi connectivity index (χ2n) is 7.06. The number of para-hydroxylation sites is 2. The first-order chi connectivity index (χ1) is 14.1. The zero-order valence-electron chi connectivity index (χ0n) is 17.5.